The maximum atomic E-state index is 6.62. The molecule has 3 heterocycles. The minimum atomic E-state index is 0.643. The second kappa shape index (κ2) is 12.3. The van der Waals surface area contributed by atoms with Crippen molar-refractivity contribution in [2.24, 2.45) is 0 Å². The van der Waals surface area contributed by atoms with Crippen LogP contribution in [0.2, 0.25) is 0 Å². The zero-order valence-corrected chi connectivity index (χ0v) is 29.7. The van der Waals surface area contributed by atoms with E-state index in [1.807, 2.05) is 30.3 Å². The van der Waals surface area contributed by atoms with Crippen LogP contribution >= 0.6 is 11.5 Å². The van der Waals surface area contributed by atoms with Gasteiger partial charge in [-0.25, -0.2) is 4.98 Å². The molecule has 54 heavy (non-hydrogen) atoms. The summed E-state index contributed by atoms with van der Waals surface area (Å²) in [6.45, 7) is 0. The molecule has 0 bridgehead atoms. The van der Waals surface area contributed by atoms with Gasteiger partial charge in [-0.2, -0.15) is 4.37 Å². The summed E-state index contributed by atoms with van der Waals surface area (Å²) in [6.07, 6.45) is 0. The molecule has 0 amide bonds. The van der Waals surface area contributed by atoms with E-state index in [1.165, 1.54) is 44.2 Å². The highest BCUT2D eigenvalue weighted by atomic mass is 32.1. The third-order valence-electron chi connectivity index (χ3n) is 10.4. The summed E-state index contributed by atoms with van der Waals surface area (Å²) in [6, 6.07) is 64.0. The predicted molar refractivity (Wildman–Crippen MR) is 223 cm³/mol. The van der Waals surface area contributed by atoms with Crippen LogP contribution in [0.25, 0.3) is 71.4 Å². The number of rotatable bonds is 5. The van der Waals surface area contributed by atoms with E-state index in [0.717, 1.165) is 61.4 Å². The molecule has 6 heteroatoms. The van der Waals surface area contributed by atoms with Gasteiger partial charge in [-0.15, -0.1) is 0 Å². The van der Waals surface area contributed by atoms with E-state index in [0.29, 0.717) is 5.82 Å². The summed E-state index contributed by atoms with van der Waals surface area (Å²) in [5.74, 6) is 2.18. The van der Waals surface area contributed by atoms with Crippen molar-refractivity contribution in [2.75, 3.05) is 4.90 Å². The van der Waals surface area contributed by atoms with Crippen LogP contribution in [0.4, 0.5) is 17.1 Å². The second-order valence-corrected chi connectivity index (χ2v) is 14.3. The first-order valence-corrected chi connectivity index (χ1v) is 18.8. The van der Waals surface area contributed by atoms with Crippen molar-refractivity contribution in [3.63, 3.8) is 0 Å². The predicted octanol–water partition coefficient (Wildman–Crippen LogP) is 13.4. The number of fused-ring (bicyclic) bond motifs is 6. The van der Waals surface area contributed by atoms with E-state index < -0.39 is 0 Å². The van der Waals surface area contributed by atoms with Crippen molar-refractivity contribution in [2.45, 2.75) is 0 Å². The van der Waals surface area contributed by atoms with Crippen molar-refractivity contribution < 1.29 is 4.74 Å². The van der Waals surface area contributed by atoms with Crippen molar-refractivity contribution in [1.29, 1.82) is 0 Å². The molecule has 1 aliphatic rings. The Hall–Kier alpha value is -7.02. The van der Waals surface area contributed by atoms with Crippen LogP contribution in [0.1, 0.15) is 0 Å². The molecule has 0 atom stereocenters. The van der Waals surface area contributed by atoms with E-state index in [4.69, 9.17) is 14.1 Å². The van der Waals surface area contributed by atoms with Crippen molar-refractivity contribution in [3.8, 4) is 50.3 Å². The Bertz CT molecular complexity index is 3040. The first kappa shape index (κ1) is 30.6. The lowest BCUT2D eigenvalue weighted by Crippen LogP contribution is -2.16. The molecule has 0 saturated carbocycles. The fraction of sp³-hybridized carbons (Fsp3) is 0. The van der Waals surface area contributed by atoms with Gasteiger partial charge in [0.1, 0.15) is 5.01 Å². The second-order valence-electron chi connectivity index (χ2n) is 13.5. The number of nitrogens with zero attached hydrogens (tertiary/aromatic N) is 4. The van der Waals surface area contributed by atoms with Crippen molar-refractivity contribution in [1.82, 2.24) is 13.9 Å². The Morgan fingerprint density at radius 3 is 2.11 bits per heavy atom. The molecule has 0 fully saturated rings. The summed E-state index contributed by atoms with van der Waals surface area (Å²) in [4.78, 5) is 7.38. The molecule has 11 rings (SSSR count). The van der Waals surface area contributed by atoms with Crippen LogP contribution in [0.5, 0.6) is 11.5 Å². The summed E-state index contributed by atoms with van der Waals surface area (Å²) in [7, 11) is 0. The lowest BCUT2D eigenvalue weighted by Gasteiger charge is -2.33. The third-order valence-corrected chi connectivity index (χ3v) is 11.1. The van der Waals surface area contributed by atoms with Crippen LogP contribution < -0.4 is 9.64 Å². The smallest absolute Gasteiger partial charge is 0.177 e. The standard InChI is InChI=1S/C48H30N4OS/c1-2-13-36(14-3-1)52-42-18-8-9-20-45(42)53-46-40(16-10-19-43(46)52)47-49-48(54-50-47)35-25-28-39-38-15-6-7-17-41(38)51(44(39)30-35)37-26-23-32(24-27-37)34-22-21-31-11-4-5-12-33(31)29-34/h1-30H. The van der Waals surface area contributed by atoms with Crippen LogP contribution in [0.3, 0.4) is 0 Å². The average molecular weight is 711 g/mol. The van der Waals surface area contributed by atoms with Gasteiger partial charge in [0.15, 0.2) is 17.3 Å². The molecule has 254 valence electrons. The monoisotopic (exact) mass is 710 g/mol. The lowest BCUT2D eigenvalue weighted by molar-refractivity contribution is 0.478. The van der Waals surface area contributed by atoms with Crippen molar-refractivity contribution in [3.05, 3.63) is 182 Å². The maximum Gasteiger partial charge on any atom is 0.177 e. The zero-order chi connectivity index (χ0) is 35.6. The number of para-hydroxylation sites is 5. The van der Waals surface area contributed by atoms with Gasteiger partial charge in [-0.1, -0.05) is 115 Å². The van der Waals surface area contributed by atoms with E-state index in [-0.39, 0.29) is 0 Å². The van der Waals surface area contributed by atoms with Crippen molar-refractivity contribution >= 4 is 61.2 Å². The summed E-state index contributed by atoms with van der Waals surface area (Å²) >= 11 is 1.41. The molecule has 1 aliphatic heterocycles. The topological polar surface area (TPSA) is 43.2 Å². The molecule has 0 unspecified atom stereocenters. The van der Waals surface area contributed by atoms with Gasteiger partial charge < -0.3 is 14.2 Å². The third kappa shape index (κ3) is 4.92. The van der Waals surface area contributed by atoms with Crippen LogP contribution in [0, 0.1) is 0 Å². The van der Waals surface area contributed by atoms with E-state index in [9.17, 15) is 0 Å². The lowest BCUT2D eigenvalue weighted by atomic mass is 10.0. The van der Waals surface area contributed by atoms with Gasteiger partial charge in [-0.05, 0) is 100 Å². The van der Waals surface area contributed by atoms with Gasteiger partial charge in [0.05, 0.1) is 28.0 Å². The first-order valence-electron chi connectivity index (χ1n) is 18.0. The molecule has 0 aliphatic carbocycles. The molecule has 10 aromatic rings. The van der Waals surface area contributed by atoms with Gasteiger partial charge in [0.25, 0.3) is 0 Å². The summed E-state index contributed by atoms with van der Waals surface area (Å²) < 4.78 is 13.9. The SMILES string of the molecule is c1ccc(N2c3ccccc3Oc3c(-c4nsc(-c5ccc6c7ccccc7n(-c7ccc(-c8ccc9ccccc9c8)cc7)c6c5)n4)cccc32)cc1. The largest absolute Gasteiger partial charge is 0.452 e. The minimum Gasteiger partial charge on any atom is -0.452 e. The van der Waals surface area contributed by atoms with Crippen LogP contribution in [-0.2, 0) is 0 Å². The fourth-order valence-electron chi connectivity index (χ4n) is 7.81. The molecular formula is C48H30N4OS. The molecule has 0 saturated heterocycles. The molecule has 0 radical (unpaired) electrons. The highest BCUT2D eigenvalue weighted by molar-refractivity contribution is 7.09. The molecule has 8 aromatic carbocycles. The number of benzene rings is 8. The number of anilines is 3. The Kier molecular flexibility index (Phi) is 6.97. The van der Waals surface area contributed by atoms with E-state index >= 15 is 0 Å². The summed E-state index contributed by atoms with van der Waals surface area (Å²) in [5.41, 5.74) is 10.7. The number of hydrogen-bond acceptors (Lipinski definition) is 5. The van der Waals surface area contributed by atoms with Gasteiger partial charge in [0, 0.05) is 27.7 Å². The quantitative estimate of drug-likeness (QED) is 0.178. The molecule has 0 spiro atoms. The van der Waals surface area contributed by atoms with Gasteiger partial charge in [-0.3, -0.25) is 0 Å². The van der Waals surface area contributed by atoms with E-state index in [1.54, 1.807) is 0 Å². The number of hydrogen-bond donors (Lipinski definition) is 0. The zero-order valence-electron chi connectivity index (χ0n) is 28.9. The molecule has 2 aromatic heterocycles. The molecule has 0 N–H and O–H groups in total. The molecule has 5 nitrogen and oxygen atoms in total. The average Bonchev–Trinajstić information content (AvgIpc) is 3.86. The fourth-order valence-corrected chi connectivity index (χ4v) is 8.48. The normalized spacial score (nSPS) is 12.2. The number of aromatic nitrogens is 3. The number of ether oxygens (including phenoxy) is 1. The molecular weight excluding hydrogens is 681 g/mol. The highest BCUT2D eigenvalue weighted by Gasteiger charge is 2.29. The first-order chi connectivity index (χ1) is 26.8. The van der Waals surface area contributed by atoms with Crippen LogP contribution in [0.15, 0.2) is 182 Å². The van der Waals surface area contributed by atoms with Crippen LogP contribution in [-0.4, -0.2) is 13.9 Å². The van der Waals surface area contributed by atoms with Gasteiger partial charge in [0.2, 0.25) is 0 Å². The Balaban J connectivity index is 0.990. The highest BCUT2D eigenvalue weighted by Crippen LogP contribution is 2.53. The Morgan fingerprint density at radius 2 is 1.20 bits per heavy atom. The van der Waals surface area contributed by atoms with Gasteiger partial charge >= 0.3 is 0 Å². The summed E-state index contributed by atoms with van der Waals surface area (Å²) in [5, 5.41) is 5.75. The Labute approximate surface area is 315 Å². The Morgan fingerprint density at radius 1 is 0.481 bits per heavy atom. The minimum absolute atomic E-state index is 0.643. The maximum absolute atomic E-state index is 6.62. The van der Waals surface area contributed by atoms with E-state index in [2.05, 4.69) is 161 Å².